The number of piperidine rings is 2. The molecule has 2 fully saturated rings. The molecule has 2 heterocycles. The summed E-state index contributed by atoms with van der Waals surface area (Å²) in [4.78, 5) is 17.9. The number of hydrogen-bond donors (Lipinski definition) is 0. The van der Waals surface area contributed by atoms with Gasteiger partial charge in [-0.25, -0.2) is 9.18 Å². The highest BCUT2D eigenvalue weighted by Crippen LogP contribution is 2.35. The molecular formula is C14H23FN2O2. The van der Waals surface area contributed by atoms with E-state index >= 15 is 0 Å². The lowest BCUT2D eigenvalue weighted by atomic mass is 9.82. The van der Waals surface area contributed by atoms with E-state index in [1.165, 1.54) is 0 Å². The average Bonchev–Trinajstić information content (AvgIpc) is 2.31. The highest BCUT2D eigenvalue weighted by molar-refractivity contribution is 5.92. The van der Waals surface area contributed by atoms with Crippen LogP contribution in [0, 0.1) is 0 Å². The minimum Gasteiger partial charge on any atom is -0.444 e. The lowest BCUT2D eigenvalue weighted by molar-refractivity contribution is -0.0188. The third-order valence-electron chi connectivity index (χ3n) is 3.78. The fourth-order valence-electron chi connectivity index (χ4n) is 2.99. The predicted molar refractivity (Wildman–Crippen MR) is 72.4 cm³/mol. The van der Waals surface area contributed by atoms with Crippen LogP contribution < -0.4 is 0 Å². The molecule has 0 spiro atoms. The first-order valence-corrected chi connectivity index (χ1v) is 6.94. The van der Waals surface area contributed by atoms with Crippen molar-refractivity contribution in [2.75, 3.05) is 7.05 Å². The zero-order valence-electron chi connectivity index (χ0n) is 12.1. The Bertz CT molecular complexity index is 389. The van der Waals surface area contributed by atoms with Gasteiger partial charge in [0.2, 0.25) is 0 Å². The Morgan fingerprint density at radius 3 is 2.68 bits per heavy atom. The molecule has 0 radical (unpaired) electrons. The van der Waals surface area contributed by atoms with Gasteiger partial charge in [0, 0.05) is 19.5 Å². The smallest absolute Gasteiger partial charge is 0.410 e. The topological polar surface area (TPSA) is 41.9 Å². The van der Waals surface area contributed by atoms with Crippen LogP contribution in [0.1, 0.15) is 46.5 Å². The Kier molecular flexibility index (Phi) is 3.83. The average molecular weight is 270 g/mol. The van der Waals surface area contributed by atoms with Gasteiger partial charge in [0.1, 0.15) is 5.60 Å². The number of alkyl halides is 1. The quantitative estimate of drug-likeness (QED) is 0.679. The maximum Gasteiger partial charge on any atom is 0.410 e. The Morgan fingerprint density at radius 2 is 2.11 bits per heavy atom. The molecule has 0 unspecified atom stereocenters. The second-order valence-corrected chi connectivity index (χ2v) is 6.36. The molecule has 0 aromatic rings. The SMILES string of the molecule is CN=C1C[C@H]2CCC[C@@H]([C@H]1F)N2C(=O)OC(C)(C)C. The highest BCUT2D eigenvalue weighted by atomic mass is 19.1. The zero-order valence-corrected chi connectivity index (χ0v) is 12.1. The Labute approximate surface area is 114 Å². The van der Waals surface area contributed by atoms with Crippen LogP contribution in [0.15, 0.2) is 4.99 Å². The number of rotatable bonds is 0. The molecular weight excluding hydrogens is 247 g/mol. The van der Waals surface area contributed by atoms with Crippen molar-refractivity contribution in [2.45, 2.75) is 70.3 Å². The standard InChI is InChI=1S/C14H23FN2O2/c1-14(2,3)19-13(18)17-9-6-5-7-11(17)12(15)10(8-9)16-4/h9,11-12H,5-8H2,1-4H3/t9-,11+,12+/m1/s1. The summed E-state index contributed by atoms with van der Waals surface area (Å²) in [5, 5.41) is 0. The number of hydrogen-bond acceptors (Lipinski definition) is 3. The van der Waals surface area contributed by atoms with E-state index in [1.54, 1.807) is 11.9 Å². The maximum absolute atomic E-state index is 14.4. The van der Waals surface area contributed by atoms with Crippen molar-refractivity contribution in [1.82, 2.24) is 4.90 Å². The van der Waals surface area contributed by atoms with Gasteiger partial charge in [0.15, 0.2) is 6.17 Å². The summed E-state index contributed by atoms with van der Waals surface area (Å²) < 4.78 is 19.8. The van der Waals surface area contributed by atoms with Gasteiger partial charge in [0.05, 0.1) is 11.8 Å². The molecule has 0 N–H and O–H groups in total. The van der Waals surface area contributed by atoms with Gasteiger partial charge in [-0.1, -0.05) is 0 Å². The predicted octanol–water partition coefficient (Wildman–Crippen LogP) is 2.96. The number of carbonyl (C=O) groups excluding carboxylic acids is 1. The highest BCUT2D eigenvalue weighted by Gasteiger charge is 2.46. The summed E-state index contributed by atoms with van der Waals surface area (Å²) in [6.07, 6.45) is 1.56. The molecule has 3 atom stereocenters. The molecule has 4 nitrogen and oxygen atoms in total. The maximum atomic E-state index is 14.4. The van der Waals surface area contributed by atoms with E-state index < -0.39 is 17.8 Å². The number of carbonyl (C=O) groups is 1. The Balaban J connectivity index is 2.19. The second-order valence-electron chi connectivity index (χ2n) is 6.36. The third kappa shape index (κ3) is 2.90. The molecule has 1 amide bonds. The molecule has 0 aliphatic carbocycles. The van der Waals surface area contributed by atoms with E-state index in [0.29, 0.717) is 18.6 Å². The lowest BCUT2D eigenvalue weighted by Gasteiger charge is -2.47. The fraction of sp³-hybridized carbons (Fsp3) is 0.857. The van der Waals surface area contributed by atoms with E-state index in [-0.39, 0.29) is 12.1 Å². The van der Waals surface area contributed by atoms with E-state index in [1.807, 2.05) is 20.8 Å². The first-order chi connectivity index (χ1) is 8.83. The molecule has 0 saturated carbocycles. The molecule has 2 bridgehead atoms. The molecule has 2 aliphatic heterocycles. The van der Waals surface area contributed by atoms with Gasteiger partial charge < -0.3 is 4.74 Å². The van der Waals surface area contributed by atoms with Crippen LogP contribution >= 0.6 is 0 Å². The van der Waals surface area contributed by atoms with E-state index in [0.717, 1.165) is 12.8 Å². The van der Waals surface area contributed by atoms with Crippen LogP contribution in [0.3, 0.4) is 0 Å². The van der Waals surface area contributed by atoms with Gasteiger partial charge in [-0.15, -0.1) is 0 Å². The van der Waals surface area contributed by atoms with Crippen LogP contribution in [-0.2, 0) is 4.74 Å². The number of nitrogens with zero attached hydrogens (tertiary/aromatic N) is 2. The van der Waals surface area contributed by atoms with Gasteiger partial charge in [-0.2, -0.15) is 0 Å². The summed E-state index contributed by atoms with van der Waals surface area (Å²) in [5.41, 5.74) is 0.0468. The minimum atomic E-state index is -1.14. The second kappa shape index (κ2) is 5.10. The molecule has 0 aromatic heterocycles. The summed E-state index contributed by atoms with van der Waals surface area (Å²) in [7, 11) is 1.63. The van der Waals surface area contributed by atoms with Crippen molar-refractivity contribution in [3.8, 4) is 0 Å². The number of halogens is 1. The van der Waals surface area contributed by atoms with Crippen molar-refractivity contribution in [1.29, 1.82) is 0 Å². The van der Waals surface area contributed by atoms with Crippen LogP contribution in [0.2, 0.25) is 0 Å². The van der Waals surface area contributed by atoms with Gasteiger partial charge in [0.25, 0.3) is 0 Å². The van der Waals surface area contributed by atoms with Gasteiger partial charge >= 0.3 is 6.09 Å². The van der Waals surface area contributed by atoms with Crippen LogP contribution in [0.4, 0.5) is 9.18 Å². The first-order valence-electron chi connectivity index (χ1n) is 6.94. The molecule has 5 heteroatoms. The van der Waals surface area contributed by atoms with Crippen molar-refractivity contribution in [3.63, 3.8) is 0 Å². The normalized spacial score (nSPS) is 33.4. The molecule has 2 rings (SSSR count). The molecule has 19 heavy (non-hydrogen) atoms. The number of fused-ring (bicyclic) bond motifs is 2. The Hall–Kier alpha value is -1.13. The summed E-state index contributed by atoms with van der Waals surface area (Å²) in [6.45, 7) is 5.49. The summed E-state index contributed by atoms with van der Waals surface area (Å²) in [6, 6.07) is -0.361. The van der Waals surface area contributed by atoms with Crippen molar-refractivity contribution < 1.29 is 13.9 Å². The first kappa shape index (κ1) is 14.3. The number of ether oxygens (including phenoxy) is 1. The zero-order chi connectivity index (χ0) is 14.2. The molecule has 2 aliphatic rings. The van der Waals surface area contributed by atoms with Crippen LogP contribution in [-0.4, -0.2) is 47.6 Å². The van der Waals surface area contributed by atoms with Crippen LogP contribution in [0.25, 0.3) is 0 Å². The van der Waals surface area contributed by atoms with Crippen molar-refractivity contribution in [2.24, 2.45) is 4.99 Å². The van der Waals surface area contributed by atoms with E-state index in [4.69, 9.17) is 4.74 Å². The number of amides is 1. The van der Waals surface area contributed by atoms with E-state index in [9.17, 15) is 9.18 Å². The molecule has 2 saturated heterocycles. The number of aliphatic imine (C=N–C) groups is 1. The largest absolute Gasteiger partial charge is 0.444 e. The third-order valence-corrected chi connectivity index (χ3v) is 3.78. The fourth-order valence-corrected chi connectivity index (χ4v) is 2.99. The van der Waals surface area contributed by atoms with Gasteiger partial charge in [-0.3, -0.25) is 9.89 Å². The summed E-state index contributed by atoms with van der Waals surface area (Å²) in [5.74, 6) is 0. The summed E-state index contributed by atoms with van der Waals surface area (Å²) >= 11 is 0. The molecule has 108 valence electrons. The van der Waals surface area contributed by atoms with Gasteiger partial charge in [-0.05, 0) is 40.0 Å². The minimum absolute atomic E-state index is 0.0410. The monoisotopic (exact) mass is 270 g/mol. The van der Waals surface area contributed by atoms with Crippen molar-refractivity contribution >= 4 is 11.8 Å². The van der Waals surface area contributed by atoms with Crippen LogP contribution in [0.5, 0.6) is 0 Å². The van der Waals surface area contributed by atoms with E-state index in [2.05, 4.69) is 4.99 Å². The Morgan fingerprint density at radius 1 is 1.42 bits per heavy atom. The van der Waals surface area contributed by atoms with Crippen molar-refractivity contribution in [3.05, 3.63) is 0 Å². The lowest BCUT2D eigenvalue weighted by Crippen LogP contribution is -2.61. The molecule has 0 aromatic carbocycles.